The third-order valence-corrected chi connectivity index (χ3v) is 3.88. The molecule has 1 saturated heterocycles. The Hall–Kier alpha value is -1.62. The van der Waals surface area contributed by atoms with E-state index in [1.807, 2.05) is 0 Å². The Morgan fingerprint density at radius 2 is 1.80 bits per heavy atom. The van der Waals surface area contributed by atoms with Gasteiger partial charge in [0.1, 0.15) is 5.69 Å². The number of rotatable bonds is 3. The monoisotopic (exact) mass is 278 g/mol. The van der Waals surface area contributed by atoms with Crippen LogP contribution in [0, 0.1) is 10.1 Å². The van der Waals surface area contributed by atoms with Crippen molar-refractivity contribution in [2.24, 2.45) is 0 Å². The zero-order valence-electron chi connectivity index (χ0n) is 11.9. The molecule has 2 rings (SSSR count). The molecule has 1 heterocycles. The molecule has 1 N–H and O–H groups in total. The molecule has 0 spiro atoms. The molecule has 1 aliphatic heterocycles. The van der Waals surface area contributed by atoms with Gasteiger partial charge in [0.2, 0.25) is 0 Å². The van der Waals surface area contributed by atoms with E-state index in [4.69, 9.17) is 0 Å². The predicted octanol–water partition coefficient (Wildman–Crippen LogP) is 3.42. The zero-order chi connectivity index (χ0) is 14.5. The second-order valence-corrected chi connectivity index (χ2v) is 5.44. The first-order valence-electron chi connectivity index (χ1n) is 7.31. The van der Waals surface area contributed by atoms with Gasteiger partial charge in [0, 0.05) is 19.2 Å². The lowest BCUT2D eigenvalue weighted by molar-refractivity contribution is -0.384. The highest BCUT2D eigenvalue weighted by atomic mass is 16.6. The third kappa shape index (κ3) is 3.48. The van der Waals surface area contributed by atoms with Gasteiger partial charge < -0.3 is 10.0 Å². The first kappa shape index (κ1) is 14.8. The van der Waals surface area contributed by atoms with Crippen LogP contribution in [0.25, 0.3) is 0 Å². The average Bonchev–Trinajstić information content (AvgIpc) is 2.37. The summed E-state index contributed by atoms with van der Waals surface area (Å²) in [5, 5.41) is 20.9. The van der Waals surface area contributed by atoms with Crippen LogP contribution in [0.5, 0.6) is 0 Å². The van der Waals surface area contributed by atoms with Crippen LogP contribution in [-0.2, 0) is 0 Å². The van der Waals surface area contributed by atoms with Gasteiger partial charge in [0.15, 0.2) is 0 Å². The van der Waals surface area contributed by atoms with E-state index in [0.29, 0.717) is 11.3 Å². The minimum Gasteiger partial charge on any atom is -0.389 e. The van der Waals surface area contributed by atoms with Crippen LogP contribution < -0.4 is 4.90 Å². The Morgan fingerprint density at radius 1 is 1.20 bits per heavy atom. The molecule has 0 radical (unpaired) electrons. The zero-order valence-corrected chi connectivity index (χ0v) is 11.9. The number of hydrogen-bond acceptors (Lipinski definition) is 4. The molecule has 0 amide bonds. The SMILES string of the molecule is CC(O)c1ccc(N2CCCCCCC2)c([N+](=O)[O-])c1. The summed E-state index contributed by atoms with van der Waals surface area (Å²) in [6, 6.07) is 5.06. The van der Waals surface area contributed by atoms with Gasteiger partial charge in [0.25, 0.3) is 5.69 Å². The van der Waals surface area contributed by atoms with Crippen molar-refractivity contribution in [3.63, 3.8) is 0 Å². The van der Waals surface area contributed by atoms with E-state index in [-0.39, 0.29) is 10.6 Å². The summed E-state index contributed by atoms with van der Waals surface area (Å²) >= 11 is 0. The minimum absolute atomic E-state index is 0.101. The fourth-order valence-electron chi connectivity index (χ4n) is 2.70. The van der Waals surface area contributed by atoms with Crippen LogP contribution in [0.3, 0.4) is 0 Å². The van der Waals surface area contributed by atoms with E-state index < -0.39 is 6.10 Å². The fraction of sp³-hybridized carbons (Fsp3) is 0.600. The van der Waals surface area contributed by atoms with Crippen molar-refractivity contribution in [3.05, 3.63) is 33.9 Å². The second-order valence-electron chi connectivity index (χ2n) is 5.44. The smallest absolute Gasteiger partial charge is 0.292 e. The van der Waals surface area contributed by atoms with Gasteiger partial charge >= 0.3 is 0 Å². The summed E-state index contributed by atoms with van der Waals surface area (Å²) in [6.45, 7) is 3.36. The lowest BCUT2D eigenvalue weighted by atomic mass is 10.1. The molecule has 20 heavy (non-hydrogen) atoms. The Morgan fingerprint density at radius 3 is 2.35 bits per heavy atom. The molecule has 1 aliphatic rings. The summed E-state index contributed by atoms with van der Waals surface area (Å²) in [5.41, 5.74) is 1.37. The van der Waals surface area contributed by atoms with Gasteiger partial charge in [-0.1, -0.05) is 25.3 Å². The Labute approximate surface area is 119 Å². The van der Waals surface area contributed by atoms with Crippen molar-refractivity contribution >= 4 is 11.4 Å². The van der Waals surface area contributed by atoms with Gasteiger partial charge in [0.05, 0.1) is 11.0 Å². The van der Waals surface area contributed by atoms with E-state index >= 15 is 0 Å². The maximum atomic E-state index is 11.3. The largest absolute Gasteiger partial charge is 0.389 e. The molecule has 1 aromatic carbocycles. The summed E-state index contributed by atoms with van der Waals surface area (Å²) in [5.74, 6) is 0. The van der Waals surface area contributed by atoms with Crippen LogP contribution in [-0.4, -0.2) is 23.1 Å². The lowest BCUT2D eigenvalue weighted by Gasteiger charge is -2.26. The van der Waals surface area contributed by atoms with Gasteiger partial charge in [-0.3, -0.25) is 10.1 Å². The molecule has 1 aromatic rings. The molecule has 0 aromatic heterocycles. The number of hydrogen-bond donors (Lipinski definition) is 1. The van der Waals surface area contributed by atoms with E-state index in [1.165, 1.54) is 25.3 Å². The highest BCUT2D eigenvalue weighted by molar-refractivity contribution is 5.64. The summed E-state index contributed by atoms with van der Waals surface area (Å²) in [6.07, 6.45) is 5.11. The van der Waals surface area contributed by atoms with E-state index in [2.05, 4.69) is 4.90 Å². The van der Waals surface area contributed by atoms with Crippen molar-refractivity contribution in [2.45, 2.75) is 45.1 Å². The number of nitro benzene ring substituents is 1. The highest BCUT2D eigenvalue weighted by Crippen LogP contribution is 2.32. The molecule has 5 heteroatoms. The summed E-state index contributed by atoms with van der Waals surface area (Å²) < 4.78 is 0. The van der Waals surface area contributed by atoms with Crippen LogP contribution in [0.15, 0.2) is 18.2 Å². The Bertz CT molecular complexity index is 466. The topological polar surface area (TPSA) is 66.6 Å². The second kappa shape index (κ2) is 6.70. The number of nitro groups is 1. The number of nitrogens with zero attached hydrogens (tertiary/aromatic N) is 2. The predicted molar refractivity (Wildman–Crippen MR) is 79.0 cm³/mol. The normalized spacial score (nSPS) is 18.2. The van der Waals surface area contributed by atoms with Crippen molar-refractivity contribution in [3.8, 4) is 0 Å². The first-order valence-corrected chi connectivity index (χ1v) is 7.31. The molecule has 0 bridgehead atoms. The van der Waals surface area contributed by atoms with E-state index in [9.17, 15) is 15.2 Å². The molecule has 110 valence electrons. The Kier molecular flexibility index (Phi) is 4.95. The average molecular weight is 278 g/mol. The maximum absolute atomic E-state index is 11.3. The quantitative estimate of drug-likeness (QED) is 0.679. The Balaban J connectivity index is 2.31. The molecule has 5 nitrogen and oxygen atoms in total. The first-order chi connectivity index (χ1) is 9.59. The van der Waals surface area contributed by atoms with Gasteiger partial charge in [-0.05, 0) is 31.4 Å². The molecule has 1 atom stereocenters. The maximum Gasteiger partial charge on any atom is 0.292 e. The highest BCUT2D eigenvalue weighted by Gasteiger charge is 2.21. The van der Waals surface area contributed by atoms with E-state index in [0.717, 1.165) is 25.9 Å². The standard InChI is InChI=1S/C15H22N2O3/c1-12(18)13-7-8-14(15(11-13)17(19)20)16-9-5-3-2-4-6-10-16/h7-8,11-12,18H,2-6,9-10H2,1H3. The van der Waals surface area contributed by atoms with Gasteiger partial charge in [-0.15, -0.1) is 0 Å². The van der Waals surface area contributed by atoms with Crippen LogP contribution >= 0.6 is 0 Å². The van der Waals surface area contributed by atoms with Crippen molar-refractivity contribution in [1.82, 2.24) is 0 Å². The van der Waals surface area contributed by atoms with Crippen molar-refractivity contribution < 1.29 is 10.0 Å². The van der Waals surface area contributed by atoms with E-state index in [1.54, 1.807) is 19.1 Å². The summed E-state index contributed by atoms with van der Waals surface area (Å²) in [4.78, 5) is 13.1. The van der Waals surface area contributed by atoms with Crippen LogP contribution in [0.1, 0.15) is 50.7 Å². The fourth-order valence-corrected chi connectivity index (χ4v) is 2.70. The van der Waals surface area contributed by atoms with Gasteiger partial charge in [-0.2, -0.15) is 0 Å². The molecule has 0 aliphatic carbocycles. The lowest BCUT2D eigenvalue weighted by Crippen LogP contribution is -2.27. The molecular formula is C15H22N2O3. The molecular weight excluding hydrogens is 256 g/mol. The number of anilines is 1. The molecule has 0 saturated carbocycles. The van der Waals surface area contributed by atoms with Crippen molar-refractivity contribution in [2.75, 3.05) is 18.0 Å². The molecule has 1 fully saturated rings. The van der Waals surface area contributed by atoms with Crippen LogP contribution in [0.2, 0.25) is 0 Å². The number of benzene rings is 1. The third-order valence-electron chi connectivity index (χ3n) is 3.88. The van der Waals surface area contributed by atoms with Crippen molar-refractivity contribution in [1.29, 1.82) is 0 Å². The number of aliphatic hydroxyl groups is 1. The van der Waals surface area contributed by atoms with Gasteiger partial charge in [-0.25, -0.2) is 0 Å². The number of aliphatic hydroxyl groups excluding tert-OH is 1. The van der Waals surface area contributed by atoms with Crippen LogP contribution in [0.4, 0.5) is 11.4 Å². The molecule has 1 unspecified atom stereocenters. The summed E-state index contributed by atoms with van der Waals surface area (Å²) in [7, 11) is 0. The minimum atomic E-state index is -0.685.